The molecule has 4 rings (SSSR count). The Morgan fingerprint density at radius 2 is 1.31 bits per heavy atom. The third-order valence-electron chi connectivity index (χ3n) is 6.65. The lowest BCUT2D eigenvalue weighted by molar-refractivity contribution is -0.384. The van der Waals surface area contributed by atoms with E-state index >= 15 is 0 Å². The van der Waals surface area contributed by atoms with Gasteiger partial charge in [-0.05, 0) is 43.7 Å². The van der Waals surface area contributed by atoms with Gasteiger partial charge < -0.3 is 25.4 Å². The molecule has 14 nitrogen and oxygen atoms in total. The van der Waals surface area contributed by atoms with Gasteiger partial charge in [-0.25, -0.2) is 9.59 Å². The van der Waals surface area contributed by atoms with Gasteiger partial charge in [-0.3, -0.25) is 29.7 Å². The molecule has 1 aliphatic rings. The number of aromatic nitrogens is 2. The number of carbonyl (C=O) groups is 4. The fourth-order valence-corrected chi connectivity index (χ4v) is 4.63. The summed E-state index contributed by atoms with van der Waals surface area (Å²) in [4.78, 5) is 70.4. The number of amides is 2. The summed E-state index contributed by atoms with van der Waals surface area (Å²) in [5, 5.41) is 19.8. The van der Waals surface area contributed by atoms with Crippen LogP contribution in [-0.4, -0.2) is 64.9 Å². The summed E-state index contributed by atoms with van der Waals surface area (Å²) in [6.07, 6.45) is 2.95. The highest BCUT2D eigenvalue weighted by Crippen LogP contribution is 2.40. The monoisotopic (exact) mass is 614 g/mol. The number of nitro groups is 1. The maximum atomic E-state index is 13.5. The normalized spacial score (nSPS) is 13.0. The average Bonchev–Trinajstić information content (AvgIpc) is 3.05. The third kappa shape index (κ3) is 8.13. The first-order valence-electron chi connectivity index (χ1n) is 13.8. The van der Waals surface area contributed by atoms with E-state index < -0.39 is 34.6 Å². The number of hydrogen-bond acceptors (Lipinski definition) is 11. The van der Waals surface area contributed by atoms with E-state index in [2.05, 4.69) is 25.9 Å². The van der Waals surface area contributed by atoms with Gasteiger partial charge >= 0.3 is 11.9 Å². The van der Waals surface area contributed by atoms with Crippen LogP contribution < -0.4 is 16.0 Å². The largest absolute Gasteiger partial charge is 0.460 e. The number of nitro benzene ring substituents is 1. The molecule has 1 aliphatic heterocycles. The number of nitrogens with zero attached hydrogens (tertiary/aromatic N) is 3. The van der Waals surface area contributed by atoms with E-state index in [9.17, 15) is 29.3 Å². The number of benzene rings is 1. The number of carbonyl (C=O) groups excluding carboxylic acids is 4. The number of esters is 2. The summed E-state index contributed by atoms with van der Waals surface area (Å²) < 4.78 is 10.9. The van der Waals surface area contributed by atoms with Crippen molar-refractivity contribution in [2.24, 2.45) is 0 Å². The minimum Gasteiger partial charge on any atom is -0.460 e. The number of rotatable bonds is 12. The Labute approximate surface area is 257 Å². The van der Waals surface area contributed by atoms with Gasteiger partial charge in [0.1, 0.15) is 24.6 Å². The van der Waals surface area contributed by atoms with Gasteiger partial charge in [0.25, 0.3) is 17.5 Å². The first-order chi connectivity index (χ1) is 21.7. The molecule has 2 amide bonds. The van der Waals surface area contributed by atoms with Gasteiger partial charge in [0, 0.05) is 35.9 Å². The third-order valence-corrected chi connectivity index (χ3v) is 6.65. The fraction of sp³-hybridized carbons (Fsp3) is 0.226. The number of dihydropyridines is 1. The van der Waals surface area contributed by atoms with Gasteiger partial charge in [-0.1, -0.05) is 24.3 Å². The van der Waals surface area contributed by atoms with Crippen LogP contribution in [0.15, 0.2) is 95.6 Å². The molecule has 45 heavy (non-hydrogen) atoms. The van der Waals surface area contributed by atoms with Crippen molar-refractivity contribution < 1.29 is 33.6 Å². The zero-order valence-corrected chi connectivity index (χ0v) is 24.4. The molecule has 0 unspecified atom stereocenters. The number of nitrogens with one attached hydrogen (secondary N) is 3. The van der Waals surface area contributed by atoms with Crippen molar-refractivity contribution in [1.29, 1.82) is 0 Å². The molecule has 3 N–H and O–H groups in total. The molecule has 14 heteroatoms. The Kier molecular flexibility index (Phi) is 10.7. The van der Waals surface area contributed by atoms with Crippen LogP contribution in [0.4, 0.5) is 5.69 Å². The Hall–Kier alpha value is -5.92. The Morgan fingerprint density at radius 1 is 0.800 bits per heavy atom. The van der Waals surface area contributed by atoms with Gasteiger partial charge in [-0.2, -0.15) is 0 Å². The van der Waals surface area contributed by atoms with Crippen LogP contribution in [-0.2, 0) is 19.1 Å². The highest BCUT2D eigenvalue weighted by atomic mass is 16.6. The lowest BCUT2D eigenvalue weighted by atomic mass is 9.80. The maximum Gasteiger partial charge on any atom is 0.336 e. The zero-order chi connectivity index (χ0) is 32.3. The van der Waals surface area contributed by atoms with Crippen molar-refractivity contribution >= 4 is 29.4 Å². The van der Waals surface area contributed by atoms with Gasteiger partial charge in [0.15, 0.2) is 0 Å². The number of hydrogen-bond donors (Lipinski definition) is 3. The summed E-state index contributed by atoms with van der Waals surface area (Å²) in [7, 11) is 0. The first-order valence-corrected chi connectivity index (χ1v) is 13.8. The molecule has 0 saturated carbocycles. The molecule has 0 atom stereocenters. The van der Waals surface area contributed by atoms with Crippen molar-refractivity contribution in [2.75, 3.05) is 26.3 Å². The fourth-order valence-electron chi connectivity index (χ4n) is 4.63. The van der Waals surface area contributed by atoms with Crippen LogP contribution in [0.2, 0.25) is 0 Å². The van der Waals surface area contributed by atoms with Crippen molar-refractivity contribution in [3.05, 3.63) is 123 Å². The predicted molar refractivity (Wildman–Crippen MR) is 159 cm³/mol. The predicted octanol–water partition coefficient (Wildman–Crippen LogP) is 2.57. The van der Waals surface area contributed by atoms with Gasteiger partial charge in [0.2, 0.25) is 0 Å². The smallest absolute Gasteiger partial charge is 0.336 e. The minimum absolute atomic E-state index is 0.0175. The molecule has 3 heterocycles. The Morgan fingerprint density at radius 3 is 1.76 bits per heavy atom. The molecule has 0 aliphatic carbocycles. The van der Waals surface area contributed by atoms with Gasteiger partial charge in [-0.15, -0.1) is 0 Å². The summed E-state index contributed by atoms with van der Waals surface area (Å²) >= 11 is 0. The molecule has 0 bridgehead atoms. The second kappa shape index (κ2) is 15.0. The number of pyridine rings is 2. The second-order valence-corrected chi connectivity index (χ2v) is 9.70. The minimum atomic E-state index is -1.09. The van der Waals surface area contributed by atoms with E-state index in [0.717, 1.165) is 0 Å². The summed E-state index contributed by atoms with van der Waals surface area (Å²) in [6.45, 7) is 2.79. The van der Waals surface area contributed by atoms with Crippen LogP contribution in [0.5, 0.6) is 0 Å². The van der Waals surface area contributed by atoms with Crippen LogP contribution in [0.3, 0.4) is 0 Å². The van der Waals surface area contributed by atoms with Crippen LogP contribution >= 0.6 is 0 Å². The first kappa shape index (κ1) is 32.0. The van der Waals surface area contributed by atoms with Crippen LogP contribution in [0.1, 0.15) is 46.3 Å². The molecule has 2 aromatic heterocycles. The molecule has 0 fully saturated rings. The topological polar surface area (TPSA) is 192 Å². The molecular weight excluding hydrogens is 584 g/mol. The Bertz CT molecular complexity index is 1560. The molecule has 232 valence electrons. The molecule has 1 aromatic carbocycles. The quantitative estimate of drug-likeness (QED) is 0.118. The van der Waals surface area contributed by atoms with E-state index in [0.29, 0.717) is 11.4 Å². The molecule has 3 aromatic rings. The van der Waals surface area contributed by atoms with Crippen molar-refractivity contribution in [3.8, 4) is 0 Å². The molecule has 0 radical (unpaired) electrons. The maximum absolute atomic E-state index is 13.5. The van der Waals surface area contributed by atoms with E-state index in [4.69, 9.17) is 9.47 Å². The van der Waals surface area contributed by atoms with Crippen molar-refractivity contribution in [2.45, 2.75) is 19.8 Å². The van der Waals surface area contributed by atoms with E-state index in [-0.39, 0.29) is 60.1 Å². The molecule has 0 spiro atoms. The SMILES string of the molecule is CC1=C(C(=O)OCCNC(=O)c2ccccn2)C(c2cccc([N+](=O)[O-])c2)C(C(=O)OCCNC(=O)c2ccccn2)=C(C)N1. The standard InChI is InChI=1S/C31H30N6O8/c1-19-25(30(40)44-16-14-34-28(38)23-10-3-5-12-32-23)27(21-8-7-9-22(18-21)37(42)43)26(20(2)36-19)31(41)45-17-15-35-29(39)24-11-4-6-13-33-24/h3-13,18,27,36H,14-17H2,1-2H3,(H,34,38)(H,35,39). The lowest BCUT2D eigenvalue weighted by Crippen LogP contribution is -2.34. The molecular formula is C31H30N6O8. The van der Waals surface area contributed by atoms with Crippen molar-refractivity contribution in [1.82, 2.24) is 25.9 Å². The number of non-ortho nitro benzene ring substituents is 1. The van der Waals surface area contributed by atoms with Crippen molar-refractivity contribution in [3.63, 3.8) is 0 Å². The highest BCUT2D eigenvalue weighted by Gasteiger charge is 2.38. The second-order valence-electron chi connectivity index (χ2n) is 9.70. The lowest BCUT2D eigenvalue weighted by Gasteiger charge is -2.30. The number of ether oxygens (including phenoxy) is 2. The zero-order valence-electron chi connectivity index (χ0n) is 24.4. The van der Waals surface area contributed by atoms with Crippen LogP contribution in [0.25, 0.3) is 0 Å². The summed E-state index contributed by atoms with van der Waals surface area (Å²) in [5.74, 6) is -3.59. The number of allylic oxidation sites excluding steroid dienone is 2. The highest BCUT2D eigenvalue weighted by molar-refractivity contribution is 6.00. The average molecular weight is 615 g/mol. The van der Waals surface area contributed by atoms with E-state index in [1.165, 1.54) is 42.7 Å². The van der Waals surface area contributed by atoms with E-state index in [1.54, 1.807) is 44.2 Å². The summed E-state index contributed by atoms with van der Waals surface area (Å²) in [5.41, 5.74) is 1.25. The van der Waals surface area contributed by atoms with E-state index in [1.807, 2.05) is 0 Å². The summed E-state index contributed by atoms with van der Waals surface area (Å²) in [6, 6.07) is 15.3. The Balaban J connectivity index is 1.49. The van der Waals surface area contributed by atoms with Crippen LogP contribution in [0, 0.1) is 10.1 Å². The van der Waals surface area contributed by atoms with Gasteiger partial charge in [0.05, 0.1) is 35.1 Å². The molecule has 0 saturated heterocycles.